The van der Waals surface area contributed by atoms with E-state index in [0.29, 0.717) is 11.8 Å². The number of carboxylic acid groups (broad SMARTS) is 1. The van der Waals surface area contributed by atoms with Crippen LogP contribution < -0.4 is 0 Å². The third-order valence-electron chi connectivity index (χ3n) is 4.17. The summed E-state index contributed by atoms with van der Waals surface area (Å²) in [6.45, 7) is 7.79. The number of nitrogens with zero attached hydrogens (tertiary/aromatic N) is 1. The SMILES string of the molecule is C=C(CC)CN1CC2CCCC2C1C(=O)O. The van der Waals surface area contributed by atoms with E-state index in [4.69, 9.17) is 0 Å². The molecule has 3 unspecified atom stereocenters. The van der Waals surface area contributed by atoms with Gasteiger partial charge in [0.2, 0.25) is 0 Å². The van der Waals surface area contributed by atoms with E-state index < -0.39 is 5.97 Å². The number of carboxylic acids is 1. The Balaban J connectivity index is 2.07. The molecule has 1 aliphatic carbocycles. The molecule has 2 rings (SSSR count). The summed E-state index contributed by atoms with van der Waals surface area (Å²) in [7, 11) is 0. The van der Waals surface area contributed by atoms with Crippen LogP contribution in [0.5, 0.6) is 0 Å². The second-order valence-electron chi connectivity index (χ2n) is 5.17. The van der Waals surface area contributed by atoms with Crippen LogP contribution in [0.25, 0.3) is 0 Å². The molecule has 16 heavy (non-hydrogen) atoms. The Labute approximate surface area is 97.1 Å². The minimum Gasteiger partial charge on any atom is -0.480 e. The van der Waals surface area contributed by atoms with Gasteiger partial charge in [0.05, 0.1) is 0 Å². The summed E-state index contributed by atoms with van der Waals surface area (Å²) in [6, 6.07) is -0.254. The summed E-state index contributed by atoms with van der Waals surface area (Å²) in [5, 5.41) is 9.35. The van der Waals surface area contributed by atoms with Crippen molar-refractivity contribution in [3.8, 4) is 0 Å². The Kier molecular flexibility index (Phi) is 3.33. The molecule has 2 aliphatic rings. The van der Waals surface area contributed by atoms with Crippen LogP contribution in [0, 0.1) is 11.8 Å². The molecule has 90 valence electrons. The molecule has 3 nitrogen and oxygen atoms in total. The van der Waals surface area contributed by atoms with E-state index in [1.807, 2.05) is 0 Å². The Morgan fingerprint density at radius 1 is 1.50 bits per heavy atom. The van der Waals surface area contributed by atoms with Crippen molar-refractivity contribution in [1.29, 1.82) is 0 Å². The van der Waals surface area contributed by atoms with Crippen molar-refractivity contribution in [2.24, 2.45) is 11.8 Å². The lowest BCUT2D eigenvalue weighted by Crippen LogP contribution is -2.40. The topological polar surface area (TPSA) is 40.5 Å². The highest BCUT2D eigenvalue weighted by atomic mass is 16.4. The zero-order valence-corrected chi connectivity index (χ0v) is 9.98. The van der Waals surface area contributed by atoms with Gasteiger partial charge in [-0.1, -0.05) is 25.5 Å². The van der Waals surface area contributed by atoms with Crippen LogP contribution in [0.3, 0.4) is 0 Å². The third-order valence-corrected chi connectivity index (χ3v) is 4.17. The number of carbonyl (C=O) groups is 1. The van der Waals surface area contributed by atoms with E-state index in [9.17, 15) is 9.90 Å². The number of hydrogen-bond donors (Lipinski definition) is 1. The highest BCUT2D eigenvalue weighted by Gasteiger charge is 2.47. The van der Waals surface area contributed by atoms with Crippen LogP contribution in [0.1, 0.15) is 32.6 Å². The number of rotatable bonds is 4. The summed E-state index contributed by atoms with van der Waals surface area (Å²) in [5.41, 5.74) is 1.14. The average Bonchev–Trinajstić information content (AvgIpc) is 2.76. The lowest BCUT2D eigenvalue weighted by Gasteiger charge is -2.24. The number of hydrogen-bond acceptors (Lipinski definition) is 2. The van der Waals surface area contributed by atoms with E-state index in [0.717, 1.165) is 31.5 Å². The van der Waals surface area contributed by atoms with E-state index >= 15 is 0 Å². The van der Waals surface area contributed by atoms with Gasteiger partial charge < -0.3 is 5.11 Å². The van der Waals surface area contributed by atoms with Crippen LogP contribution >= 0.6 is 0 Å². The summed E-state index contributed by atoms with van der Waals surface area (Å²) < 4.78 is 0. The van der Waals surface area contributed by atoms with Crippen molar-refractivity contribution in [3.63, 3.8) is 0 Å². The molecule has 0 aromatic carbocycles. The second-order valence-corrected chi connectivity index (χ2v) is 5.17. The van der Waals surface area contributed by atoms with Crippen LogP contribution in [0.2, 0.25) is 0 Å². The first-order chi connectivity index (χ1) is 7.63. The van der Waals surface area contributed by atoms with Gasteiger partial charge in [0.25, 0.3) is 0 Å². The Hall–Kier alpha value is -0.830. The van der Waals surface area contributed by atoms with Gasteiger partial charge in [-0.3, -0.25) is 9.69 Å². The largest absolute Gasteiger partial charge is 0.480 e. The molecule has 0 bridgehead atoms. The molecule has 1 heterocycles. The molecular weight excluding hydrogens is 202 g/mol. The third kappa shape index (κ3) is 2.01. The highest BCUT2D eigenvalue weighted by Crippen LogP contribution is 2.42. The Morgan fingerprint density at radius 2 is 2.25 bits per heavy atom. The van der Waals surface area contributed by atoms with Gasteiger partial charge in [-0.05, 0) is 31.1 Å². The highest BCUT2D eigenvalue weighted by molar-refractivity contribution is 5.74. The maximum absolute atomic E-state index is 11.4. The van der Waals surface area contributed by atoms with E-state index in [1.54, 1.807) is 0 Å². The van der Waals surface area contributed by atoms with Crippen molar-refractivity contribution >= 4 is 5.97 Å². The van der Waals surface area contributed by atoms with Gasteiger partial charge in [0.1, 0.15) is 6.04 Å². The fourth-order valence-electron chi connectivity index (χ4n) is 3.29. The first kappa shape index (κ1) is 11.6. The summed E-state index contributed by atoms with van der Waals surface area (Å²) >= 11 is 0. The average molecular weight is 223 g/mol. The normalized spacial score (nSPS) is 33.9. The fraction of sp³-hybridized carbons (Fsp3) is 0.769. The van der Waals surface area contributed by atoms with Crippen LogP contribution in [0.15, 0.2) is 12.2 Å². The second kappa shape index (κ2) is 4.58. The van der Waals surface area contributed by atoms with Gasteiger partial charge in [0, 0.05) is 13.1 Å². The molecule has 0 aromatic heterocycles. The first-order valence-corrected chi connectivity index (χ1v) is 6.27. The van der Waals surface area contributed by atoms with Gasteiger partial charge in [0.15, 0.2) is 0 Å². The summed E-state index contributed by atoms with van der Waals surface area (Å²) in [4.78, 5) is 13.5. The molecule has 0 radical (unpaired) electrons. The summed E-state index contributed by atoms with van der Waals surface area (Å²) in [5.74, 6) is 0.367. The van der Waals surface area contributed by atoms with Gasteiger partial charge in [-0.25, -0.2) is 0 Å². The van der Waals surface area contributed by atoms with Crippen LogP contribution in [-0.4, -0.2) is 35.1 Å². The molecule has 3 heteroatoms. The fourth-order valence-corrected chi connectivity index (χ4v) is 3.29. The molecule has 1 aliphatic heterocycles. The van der Waals surface area contributed by atoms with Gasteiger partial charge in [-0.2, -0.15) is 0 Å². The van der Waals surface area contributed by atoms with Crippen molar-refractivity contribution in [2.75, 3.05) is 13.1 Å². The number of aliphatic carboxylic acids is 1. The summed E-state index contributed by atoms with van der Waals surface area (Å²) in [6.07, 6.45) is 4.46. The number of fused-ring (bicyclic) bond motifs is 1. The lowest BCUT2D eigenvalue weighted by atomic mass is 9.94. The Morgan fingerprint density at radius 3 is 2.88 bits per heavy atom. The van der Waals surface area contributed by atoms with Crippen molar-refractivity contribution < 1.29 is 9.90 Å². The minimum atomic E-state index is -0.640. The smallest absolute Gasteiger partial charge is 0.321 e. The van der Waals surface area contributed by atoms with Crippen molar-refractivity contribution in [2.45, 2.75) is 38.6 Å². The van der Waals surface area contributed by atoms with Crippen molar-refractivity contribution in [3.05, 3.63) is 12.2 Å². The molecule has 0 amide bonds. The monoisotopic (exact) mass is 223 g/mol. The van der Waals surface area contributed by atoms with Gasteiger partial charge >= 0.3 is 5.97 Å². The molecule has 1 saturated carbocycles. The van der Waals surface area contributed by atoms with Crippen LogP contribution in [0.4, 0.5) is 0 Å². The van der Waals surface area contributed by atoms with Crippen LogP contribution in [-0.2, 0) is 4.79 Å². The predicted molar refractivity (Wildman–Crippen MR) is 63.3 cm³/mol. The molecular formula is C13H21NO2. The zero-order chi connectivity index (χ0) is 11.7. The molecule has 1 N–H and O–H groups in total. The lowest BCUT2D eigenvalue weighted by molar-refractivity contribution is -0.143. The Bertz CT molecular complexity index is 300. The molecule has 3 atom stereocenters. The molecule has 1 saturated heterocycles. The standard InChI is InChI=1S/C13H21NO2/c1-3-9(2)7-14-8-10-5-4-6-11(10)12(14)13(15)16/h10-12H,2-8H2,1H3,(H,15,16). The first-order valence-electron chi connectivity index (χ1n) is 6.27. The maximum Gasteiger partial charge on any atom is 0.321 e. The zero-order valence-electron chi connectivity index (χ0n) is 9.98. The van der Waals surface area contributed by atoms with E-state index in [1.165, 1.54) is 12.8 Å². The quantitative estimate of drug-likeness (QED) is 0.742. The minimum absolute atomic E-state index is 0.254. The number of likely N-dealkylation sites (tertiary alicyclic amines) is 1. The molecule has 2 fully saturated rings. The van der Waals surface area contributed by atoms with E-state index in [2.05, 4.69) is 18.4 Å². The predicted octanol–water partition coefficient (Wildman–Crippen LogP) is 2.14. The van der Waals surface area contributed by atoms with E-state index in [-0.39, 0.29) is 6.04 Å². The van der Waals surface area contributed by atoms with Crippen molar-refractivity contribution in [1.82, 2.24) is 4.90 Å². The maximum atomic E-state index is 11.4. The van der Waals surface area contributed by atoms with Gasteiger partial charge in [-0.15, -0.1) is 0 Å². The molecule has 0 aromatic rings. The molecule has 0 spiro atoms.